The number of rotatable bonds is 3. The molecule has 1 heterocycles. The Labute approximate surface area is 152 Å². The SMILES string of the molecule is CCC1(S(=O)(=O)c2ccc(Cl)cc2)CCS(=O)c2c(F)ccc(F)c21. The van der Waals surface area contributed by atoms with Crippen LogP contribution in [0.5, 0.6) is 0 Å². The van der Waals surface area contributed by atoms with E-state index in [1.165, 1.54) is 24.3 Å². The Balaban J connectivity index is 2.34. The van der Waals surface area contributed by atoms with Crippen LogP contribution in [0.4, 0.5) is 8.78 Å². The Morgan fingerprint density at radius 2 is 1.72 bits per heavy atom. The van der Waals surface area contributed by atoms with Gasteiger partial charge in [0.25, 0.3) is 0 Å². The molecule has 25 heavy (non-hydrogen) atoms. The fourth-order valence-electron chi connectivity index (χ4n) is 3.32. The lowest BCUT2D eigenvalue weighted by atomic mass is 9.91. The van der Waals surface area contributed by atoms with Gasteiger partial charge < -0.3 is 0 Å². The molecule has 2 aromatic carbocycles. The Bertz CT molecular complexity index is 959. The van der Waals surface area contributed by atoms with Crippen LogP contribution in [0.25, 0.3) is 0 Å². The van der Waals surface area contributed by atoms with E-state index in [4.69, 9.17) is 11.6 Å². The summed E-state index contributed by atoms with van der Waals surface area (Å²) in [5, 5.41) is 0.367. The summed E-state index contributed by atoms with van der Waals surface area (Å²) in [6.07, 6.45) is -0.0169. The maximum Gasteiger partial charge on any atom is 0.188 e. The first kappa shape index (κ1) is 18.5. The molecule has 0 amide bonds. The Morgan fingerprint density at radius 1 is 1.12 bits per heavy atom. The first-order valence-corrected chi connectivity index (χ1v) is 10.8. The topological polar surface area (TPSA) is 51.2 Å². The van der Waals surface area contributed by atoms with Crippen molar-refractivity contribution < 1.29 is 21.4 Å². The second-order valence-electron chi connectivity index (χ2n) is 5.84. The van der Waals surface area contributed by atoms with Gasteiger partial charge in [0.1, 0.15) is 16.4 Å². The maximum atomic E-state index is 14.6. The van der Waals surface area contributed by atoms with E-state index in [1.54, 1.807) is 6.92 Å². The fourth-order valence-corrected chi connectivity index (χ4v) is 7.35. The van der Waals surface area contributed by atoms with Crippen LogP contribution in [0.3, 0.4) is 0 Å². The standard InChI is InChI=1S/C17H15ClF2O3S2/c1-2-17(25(22,23)12-5-3-11(18)4-6-12)9-10-24(21)16-14(20)8-7-13(19)15(16)17/h3-8H,2,9-10H2,1H3. The molecule has 1 aliphatic heterocycles. The molecule has 1 aliphatic rings. The Kier molecular flexibility index (Phi) is 4.77. The first-order valence-electron chi connectivity index (χ1n) is 7.61. The van der Waals surface area contributed by atoms with E-state index in [2.05, 4.69) is 0 Å². The van der Waals surface area contributed by atoms with Crippen LogP contribution in [-0.4, -0.2) is 18.4 Å². The Morgan fingerprint density at radius 3 is 2.32 bits per heavy atom. The van der Waals surface area contributed by atoms with Gasteiger partial charge in [0.2, 0.25) is 0 Å². The summed E-state index contributed by atoms with van der Waals surface area (Å²) >= 11 is 5.82. The minimum Gasteiger partial charge on any atom is -0.254 e. The highest BCUT2D eigenvalue weighted by molar-refractivity contribution is 7.92. The zero-order valence-electron chi connectivity index (χ0n) is 13.3. The van der Waals surface area contributed by atoms with Crippen LogP contribution in [0, 0.1) is 11.6 Å². The van der Waals surface area contributed by atoms with E-state index >= 15 is 0 Å². The van der Waals surface area contributed by atoms with Crippen molar-refractivity contribution in [3.8, 4) is 0 Å². The highest BCUT2D eigenvalue weighted by atomic mass is 35.5. The van der Waals surface area contributed by atoms with E-state index in [1.807, 2.05) is 0 Å². The lowest BCUT2D eigenvalue weighted by Crippen LogP contribution is -2.42. The molecule has 3 rings (SSSR count). The lowest BCUT2D eigenvalue weighted by molar-refractivity contribution is 0.446. The van der Waals surface area contributed by atoms with Gasteiger partial charge in [0.15, 0.2) is 9.84 Å². The molecule has 2 aromatic rings. The predicted octanol–water partition coefficient (Wildman–Crippen LogP) is 4.21. The van der Waals surface area contributed by atoms with E-state index in [9.17, 15) is 21.4 Å². The molecule has 2 unspecified atom stereocenters. The van der Waals surface area contributed by atoms with Crippen molar-refractivity contribution >= 4 is 32.2 Å². The minimum absolute atomic E-state index is 0.0268. The molecule has 134 valence electrons. The summed E-state index contributed by atoms with van der Waals surface area (Å²) in [6, 6.07) is 7.32. The van der Waals surface area contributed by atoms with Crippen molar-refractivity contribution in [2.45, 2.75) is 34.3 Å². The average Bonchev–Trinajstić information content (AvgIpc) is 2.58. The first-order chi connectivity index (χ1) is 11.7. The molecule has 0 aromatic heterocycles. The highest BCUT2D eigenvalue weighted by Crippen LogP contribution is 2.48. The van der Waals surface area contributed by atoms with Gasteiger partial charge in [-0.25, -0.2) is 17.2 Å². The molecular formula is C17H15ClF2O3S2. The van der Waals surface area contributed by atoms with Crippen LogP contribution in [-0.2, 0) is 25.4 Å². The van der Waals surface area contributed by atoms with Crippen molar-refractivity contribution in [1.29, 1.82) is 0 Å². The van der Waals surface area contributed by atoms with Gasteiger partial charge in [-0.1, -0.05) is 18.5 Å². The van der Waals surface area contributed by atoms with Crippen molar-refractivity contribution in [3.05, 3.63) is 58.6 Å². The van der Waals surface area contributed by atoms with Crippen LogP contribution >= 0.6 is 11.6 Å². The van der Waals surface area contributed by atoms with Crippen LogP contribution in [0.1, 0.15) is 25.3 Å². The second-order valence-corrected chi connectivity index (χ2v) is 10.0. The summed E-state index contributed by atoms with van der Waals surface area (Å²) in [6.45, 7) is 1.61. The molecule has 0 saturated heterocycles. The van der Waals surface area contributed by atoms with Gasteiger partial charge in [0.05, 0.1) is 20.6 Å². The van der Waals surface area contributed by atoms with Crippen LogP contribution in [0.2, 0.25) is 5.02 Å². The number of hydrogen-bond donors (Lipinski definition) is 0. The second kappa shape index (κ2) is 6.45. The smallest absolute Gasteiger partial charge is 0.188 e. The largest absolute Gasteiger partial charge is 0.254 e. The molecule has 0 aliphatic carbocycles. The van der Waals surface area contributed by atoms with Gasteiger partial charge in [-0.15, -0.1) is 0 Å². The summed E-state index contributed by atoms with van der Waals surface area (Å²) in [5.41, 5.74) is -0.311. The number of sulfone groups is 1. The molecule has 0 saturated carbocycles. The van der Waals surface area contributed by atoms with Crippen molar-refractivity contribution in [3.63, 3.8) is 0 Å². The lowest BCUT2D eigenvalue weighted by Gasteiger charge is -2.37. The van der Waals surface area contributed by atoms with Gasteiger partial charge in [0, 0.05) is 16.3 Å². The van der Waals surface area contributed by atoms with E-state index < -0.39 is 37.0 Å². The maximum absolute atomic E-state index is 14.6. The quantitative estimate of drug-likeness (QED) is 0.770. The molecule has 0 bridgehead atoms. The van der Waals surface area contributed by atoms with E-state index in [0.717, 1.165) is 12.1 Å². The third-order valence-electron chi connectivity index (χ3n) is 4.64. The van der Waals surface area contributed by atoms with Gasteiger partial charge in [-0.3, -0.25) is 4.21 Å². The number of hydrogen-bond acceptors (Lipinski definition) is 3. The van der Waals surface area contributed by atoms with Gasteiger partial charge in [-0.05, 0) is 49.2 Å². The van der Waals surface area contributed by atoms with E-state index in [0.29, 0.717) is 5.02 Å². The summed E-state index contributed by atoms with van der Waals surface area (Å²) < 4.78 is 66.2. The average molecular weight is 405 g/mol. The molecule has 3 nitrogen and oxygen atoms in total. The van der Waals surface area contributed by atoms with Crippen molar-refractivity contribution in [2.24, 2.45) is 0 Å². The number of halogens is 3. The molecule has 0 fully saturated rings. The molecule has 2 atom stereocenters. The normalized spacial score (nSPS) is 23.3. The molecule has 0 spiro atoms. The van der Waals surface area contributed by atoms with Crippen molar-refractivity contribution in [1.82, 2.24) is 0 Å². The summed E-state index contributed by atoms with van der Waals surface area (Å²) in [4.78, 5) is -0.369. The monoisotopic (exact) mass is 404 g/mol. The Hall–Kier alpha value is -1.31. The van der Waals surface area contributed by atoms with Gasteiger partial charge >= 0.3 is 0 Å². The minimum atomic E-state index is -4.07. The van der Waals surface area contributed by atoms with Crippen LogP contribution in [0.15, 0.2) is 46.2 Å². The molecule has 0 N–H and O–H groups in total. The molecular weight excluding hydrogens is 390 g/mol. The third kappa shape index (κ3) is 2.73. The highest BCUT2D eigenvalue weighted by Gasteiger charge is 2.51. The number of fused-ring (bicyclic) bond motifs is 1. The third-order valence-corrected chi connectivity index (χ3v) is 8.94. The molecule has 0 radical (unpaired) electrons. The van der Waals surface area contributed by atoms with Gasteiger partial charge in [-0.2, -0.15) is 0 Å². The van der Waals surface area contributed by atoms with E-state index in [-0.39, 0.29) is 33.9 Å². The predicted molar refractivity (Wildman–Crippen MR) is 92.9 cm³/mol. The van der Waals surface area contributed by atoms with Crippen LogP contribution < -0.4 is 0 Å². The fraction of sp³-hybridized carbons (Fsp3) is 0.294. The number of benzene rings is 2. The molecule has 8 heteroatoms. The zero-order chi connectivity index (χ0) is 18.4. The summed E-state index contributed by atoms with van der Waals surface area (Å²) in [7, 11) is -5.85. The zero-order valence-corrected chi connectivity index (χ0v) is 15.6. The summed E-state index contributed by atoms with van der Waals surface area (Å²) in [5.74, 6) is -1.75. The van der Waals surface area contributed by atoms with Crippen molar-refractivity contribution in [2.75, 3.05) is 5.75 Å².